The van der Waals surface area contributed by atoms with Gasteiger partial charge in [0.2, 0.25) is 24.6 Å². The molecule has 16 nitrogen and oxygen atoms in total. The summed E-state index contributed by atoms with van der Waals surface area (Å²) >= 11 is 0. The van der Waals surface area contributed by atoms with Crippen LogP contribution >= 0.6 is 0 Å². The summed E-state index contributed by atoms with van der Waals surface area (Å²) in [4.78, 5) is 53.6. The van der Waals surface area contributed by atoms with E-state index in [9.17, 15) is 14.4 Å². The van der Waals surface area contributed by atoms with Crippen LogP contribution in [0.2, 0.25) is 0 Å². The Balaban J connectivity index is 0.000000200. The number of benzene rings is 3. The molecule has 16 heteroatoms. The summed E-state index contributed by atoms with van der Waals surface area (Å²) in [5.41, 5.74) is 6.67. The Bertz CT molecular complexity index is 2630. The van der Waals surface area contributed by atoms with Gasteiger partial charge in [0.15, 0.2) is 23.0 Å². The lowest BCUT2D eigenvalue weighted by atomic mass is 9.44. The number of hydrogen-bond acceptors (Lipinski definition) is 12. The van der Waals surface area contributed by atoms with Crippen molar-refractivity contribution >= 4 is 47.9 Å². The summed E-state index contributed by atoms with van der Waals surface area (Å²) in [5.74, 6) is 4.69. The van der Waals surface area contributed by atoms with Crippen molar-refractivity contribution in [2.45, 2.75) is 74.8 Å². The Morgan fingerprint density at radius 2 is 1.43 bits per heavy atom. The summed E-state index contributed by atoms with van der Waals surface area (Å²) in [5, 5.41) is 9.56. The molecule has 4 amide bonds. The van der Waals surface area contributed by atoms with Crippen molar-refractivity contribution in [2.24, 2.45) is 16.1 Å². The van der Waals surface area contributed by atoms with Crippen molar-refractivity contribution in [1.29, 1.82) is 0 Å². The number of hydrogen-bond donors (Lipinski definition) is 4. The number of amides is 4. The van der Waals surface area contributed by atoms with E-state index in [0.29, 0.717) is 76.8 Å². The Hall–Kier alpha value is -7.62. The standard InChI is InChI=1S/C28H28N4O6.C22H25NO3.CH3NO/c1-36-22-11-19-20(12-23(22)37-2)29-10-7-21(19)38-18-5-3-17(4-6-18)31-24(34)28(8-9-28)25(35)32-27-13-26(14-27,15-27)30-16-33;1-22(12-13-22)17-6-8-18(9-7-17)26-19(11-14-23-2)16-5-10-20(24-3)21(15-16)25-4;2-1-3/h3-7,10-12,16H,8-9,13-15H2,1-2H3,(H,30,33)(H,31,34)(H,32,35);6-11,14-15H,2,5,12-13H2,1,3-4H3;1H,(H2,2,3)/b;14-11-,19-16-;. The largest absolute Gasteiger partial charge is 0.493 e. The average Bonchev–Trinajstić information content (AvgIpc) is 4.27. The number of nitrogens with zero attached hydrogens (tertiary/aromatic N) is 2. The first-order valence-electron chi connectivity index (χ1n) is 21.8. The Morgan fingerprint density at radius 3 is 2.01 bits per heavy atom. The van der Waals surface area contributed by atoms with Crippen LogP contribution in [-0.4, -0.2) is 75.9 Å². The molecule has 2 bridgehead atoms. The van der Waals surface area contributed by atoms with Gasteiger partial charge in [0.1, 0.15) is 28.4 Å². The molecule has 4 aromatic rings. The van der Waals surface area contributed by atoms with E-state index in [1.165, 1.54) is 18.4 Å². The minimum absolute atomic E-state index is 0.167. The minimum Gasteiger partial charge on any atom is -0.493 e. The highest BCUT2D eigenvalue weighted by molar-refractivity contribution is 6.13. The van der Waals surface area contributed by atoms with E-state index in [1.807, 2.05) is 36.4 Å². The van der Waals surface area contributed by atoms with Crippen molar-refractivity contribution in [3.63, 3.8) is 0 Å². The van der Waals surface area contributed by atoms with Crippen LogP contribution in [0.25, 0.3) is 10.9 Å². The van der Waals surface area contributed by atoms with E-state index in [1.54, 1.807) is 77.2 Å². The van der Waals surface area contributed by atoms with E-state index in [4.69, 9.17) is 33.2 Å². The molecule has 1 heterocycles. The van der Waals surface area contributed by atoms with Crippen LogP contribution < -0.4 is 40.6 Å². The lowest BCUT2D eigenvalue weighted by Crippen LogP contribution is -2.83. The molecule has 3 aromatic carbocycles. The van der Waals surface area contributed by atoms with Crippen molar-refractivity contribution in [2.75, 3.05) is 33.8 Å². The topological polar surface area (TPSA) is 211 Å². The van der Waals surface area contributed by atoms with Crippen LogP contribution in [0.4, 0.5) is 5.69 Å². The number of pyridine rings is 1. The van der Waals surface area contributed by atoms with Gasteiger partial charge in [-0.1, -0.05) is 19.1 Å². The number of methoxy groups -OCH3 is 4. The van der Waals surface area contributed by atoms with Crippen molar-refractivity contribution in [3.8, 4) is 28.7 Å². The molecular formula is C51H56N6O10. The van der Waals surface area contributed by atoms with Crippen LogP contribution in [0.5, 0.6) is 28.7 Å². The molecule has 5 fully saturated rings. The summed E-state index contributed by atoms with van der Waals surface area (Å²) in [7, 11) is 6.40. The summed E-state index contributed by atoms with van der Waals surface area (Å²) < 4.78 is 33.8. The summed E-state index contributed by atoms with van der Waals surface area (Å²) in [6, 6.07) is 20.7. The molecule has 5 N–H and O–H groups in total. The zero-order chi connectivity index (χ0) is 47.8. The van der Waals surface area contributed by atoms with Gasteiger partial charge in [-0.2, -0.15) is 0 Å². The second-order valence-corrected chi connectivity index (χ2v) is 17.4. The Kier molecular flexibility index (Phi) is 14.0. The molecule has 67 heavy (non-hydrogen) atoms. The highest BCUT2D eigenvalue weighted by Gasteiger charge is 2.70. The van der Waals surface area contributed by atoms with Gasteiger partial charge in [0.05, 0.1) is 34.0 Å². The van der Waals surface area contributed by atoms with E-state index in [0.717, 1.165) is 41.7 Å². The predicted molar refractivity (Wildman–Crippen MR) is 253 cm³/mol. The number of carbonyl (C=O) groups is 4. The number of ether oxygens (including phenoxy) is 6. The number of nitrogens with one attached hydrogen (secondary N) is 3. The first-order chi connectivity index (χ1) is 32.3. The third-order valence-electron chi connectivity index (χ3n) is 12.9. The molecular weight excluding hydrogens is 857 g/mol. The lowest BCUT2D eigenvalue weighted by Gasteiger charge is -2.70. The number of fused-ring (bicyclic) bond motifs is 1. The predicted octanol–water partition coefficient (Wildman–Crippen LogP) is 7.45. The Morgan fingerprint density at radius 1 is 0.791 bits per heavy atom. The molecule has 1 aromatic heterocycles. The maximum Gasteiger partial charge on any atom is 0.240 e. The molecule has 0 saturated heterocycles. The van der Waals surface area contributed by atoms with Crippen molar-refractivity contribution in [1.82, 2.24) is 15.6 Å². The SMILES string of the molecule is C=N/C=C\C(Oc1ccc(C2(C)CC2)cc1)=C1\C=C(OC)C(OC)=CC1.COc1cc2nccc(Oc3ccc(NC(=O)C4(C(=O)NC56CC(NC=O)(C5)C6)CC4)cc3)c2cc1OC.NC=O. The first kappa shape index (κ1) is 47.3. The highest BCUT2D eigenvalue weighted by atomic mass is 16.5. The number of allylic oxidation sites excluding steroid dienone is 4. The van der Waals surface area contributed by atoms with Gasteiger partial charge >= 0.3 is 0 Å². The van der Waals surface area contributed by atoms with E-state index in [-0.39, 0.29) is 29.3 Å². The first-order valence-corrected chi connectivity index (χ1v) is 21.8. The van der Waals surface area contributed by atoms with Gasteiger partial charge in [-0.25, -0.2) is 0 Å². The quantitative estimate of drug-likeness (QED) is 0.0354. The molecule has 0 unspecified atom stereocenters. The second kappa shape index (κ2) is 19.9. The molecule has 5 saturated carbocycles. The Labute approximate surface area is 389 Å². The molecule has 0 radical (unpaired) electrons. The maximum atomic E-state index is 13.1. The molecule has 0 atom stereocenters. The zero-order valence-electron chi connectivity index (χ0n) is 38.3. The van der Waals surface area contributed by atoms with Crippen LogP contribution in [0.1, 0.15) is 63.9 Å². The van der Waals surface area contributed by atoms with Crippen LogP contribution in [-0.2, 0) is 34.1 Å². The number of nitrogens with two attached hydrogens (primary N) is 1. The third kappa shape index (κ3) is 10.3. The van der Waals surface area contributed by atoms with Gasteiger partial charge in [-0.05, 0) is 136 Å². The molecule has 6 aliphatic rings. The number of aliphatic imine (C=N–C) groups is 1. The van der Waals surface area contributed by atoms with Crippen molar-refractivity contribution in [3.05, 3.63) is 126 Å². The van der Waals surface area contributed by atoms with Gasteiger partial charge in [-0.3, -0.25) is 29.2 Å². The fourth-order valence-corrected chi connectivity index (χ4v) is 8.72. The van der Waals surface area contributed by atoms with Crippen molar-refractivity contribution < 1.29 is 47.6 Å². The highest BCUT2D eigenvalue weighted by Crippen LogP contribution is 2.61. The van der Waals surface area contributed by atoms with E-state index < -0.39 is 5.41 Å². The maximum absolute atomic E-state index is 13.1. The number of rotatable bonds is 17. The van der Waals surface area contributed by atoms with Crippen LogP contribution in [0.15, 0.2) is 125 Å². The van der Waals surface area contributed by atoms with E-state index in [2.05, 4.69) is 57.4 Å². The van der Waals surface area contributed by atoms with Gasteiger partial charge in [0, 0.05) is 46.2 Å². The number of aromatic nitrogens is 1. The summed E-state index contributed by atoms with van der Waals surface area (Å²) in [6.07, 6.45) is 16.4. The minimum atomic E-state index is -1.04. The molecule has 6 aliphatic carbocycles. The molecule has 0 aliphatic heterocycles. The third-order valence-corrected chi connectivity index (χ3v) is 12.9. The molecule has 10 rings (SSSR count). The molecule has 350 valence electrons. The fourth-order valence-electron chi connectivity index (χ4n) is 8.72. The fraction of sp³-hybridized carbons (Fsp3) is 0.333. The van der Waals surface area contributed by atoms with Gasteiger partial charge in [-0.15, -0.1) is 0 Å². The van der Waals surface area contributed by atoms with Crippen LogP contribution in [0, 0.1) is 5.41 Å². The van der Waals surface area contributed by atoms with E-state index >= 15 is 0 Å². The number of carbonyl (C=O) groups excluding carboxylic acids is 4. The average molecular weight is 913 g/mol. The van der Waals surface area contributed by atoms with Gasteiger partial charge < -0.3 is 50.1 Å². The zero-order valence-corrected chi connectivity index (χ0v) is 38.3. The normalized spacial score (nSPS) is 21.4. The van der Waals surface area contributed by atoms with Gasteiger partial charge in [0.25, 0.3) is 0 Å². The van der Waals surface area contributed by atoms with Crippen LogP contribution in [0.3, 0.4) is 0 Å². The number of anilines is 1. The molecule has 0 spiro atoms. The second-order valence-electron chi connectivity index (χ2n) is 17.4. The smallest absolute Gasteiger partial charge is 0.240 e. The monoisotopic (exact) mass is 912 g/mol. The summed E-state index contributed by atoms with van der Waals surface area (Å²) in [6.45, 7) is 5.80. The lowest BCUT2D eigenvalue weighted by molar-refractivity contribution is -0.150. The number of primary amides is 1.